The molecule has 0 spiro atoms. The molecule has 3 rings (SSSR count). The number of ether oxygens (including phenoxy) is 1. The zero-order chi connectivity index (χ0) is 19.1. The Hall–Kier alpha value is -2.00. The van der Waals surface area contributed by atoms with Crippen LogP contribution in [0.15, 0.2) is 42.5 Å². The van der Waals surface area contributed by atoms with Gasteiger partial charge in [0.15, 0.2) is 0 Å². The van der Waals surface area contributed by atoms with Crippen LogP contribution in [0.3, 0.4) is 0 Å². The van der Waals surface area contributed by atoms with Gasteiger partial charge in [0.1, 0.15) is 5.75 Å². The third-order valence-corrected chi connectivity index (χ3v) is 5.40. The number of halogens is 1. The second-order valence-electron chi connectivity index (χ2n) is 7.17. The minimum absolute atomic E-state index is 0.0827. The zero-order valence-corrected chi connectivity index (χ0v) is 16.7. The standard InChI is InChI=1S/C23H28ClNO2/c1-2-22(19-10-9-17-6-3-4-7-18(17)16-19)25-23(26)8-5-15-27-21-13-11-20(24)12-14-21/h9-14,16,22H,2-8,15H2,1H3,(H,25,26)/t22-/m0/s1. The molecular formula is C23H28ClNO2. The van der Waals surface area contributed by atoms with Crippen LogP contribution >= 0.6 is 11.6 Å². The van der Waals surface area contributed by atoms with E-state index in [2.05, 4.69) is 30.4 Å². The molecule has 1 amide bonds. The van der Waals surface area contributed by atoms with Crippen molar-refractivity contribution in [3.05, 3.63) is 64.2 Å². The van der Waals surface area contributed by atoms with Gasteiger partial charge in [-0.25, -0.2) is 0 Å². The maximum Gasteiger partial charge on any atom is 0.220 e. The summed E-state index contributed by atoms with van der Waals surface area (Å²) in [5, 5.41) is 3.87. The van der Waals surface area contributed by atoms with Crippen LogP contribution in [-0.2, 0) is 17.6 Å². The molecule has 1 aliphatic rings. The molecule has 0 fully saturated rings. The van der Waals surface area contributed by atoms with Gasteiger partial charge in [-0.3, -0.25) is 4.79 Å². The topological polar surface area (TPSA) is 38.3 Å². The molecule has 2 aromatic carbocycles. The number of aryl methyl sites for hydroxylation is 2. The third kappa shape index (κ3) is 5.74. The van der Waals surface area contributed by atoms with Crippen LogP contribution in [0, 0.1) is 0 Å². The fourth-order valence-corrected chi connectivity index (χ4v) is 3.74. The summed E-state index contributed by atoms with van der Waals surface area (Å²) in [7, 11) is 0. The highest BCUT2D eigenvalue weighted by atomic mass is 35.5. The summed E-state index contributed by atoms with van der Waals surface area (Å²) in [6.07, 6.45) is 6.96. The van der Waals surface area contributed by atoms with Crippen molar-refractivity contribution in [2.75, 3.05) is 6.61 Å². The maximum atomic E-state index is 12.3. The Morgan fingerprint density at radius 2 is 1.85 bits per heavy atom. The van der Waals surface area contributed by atoms with Gasteiger partial charge in [0.05, 0.1) is 12.6 Å². The number of amides is 1. The average molecular weight is 386 g/mol. The fraction of sp³-hybridized carbons (Fsp3) is 0.435. The molecule has 0 bridgehead atoms. The van der Waals surface area contributed by atoms with E-state index in [-0.39, 0.29) is 11.9 Å². The Labute approximate surface area is 167 Å². The van der Waals surface area contributed by atoms with Crippen LogP contribution in [0.25, 0.3) is 0 Å². The molecule has 4 heteroatoms. The molecule has 0 aromatic heterocycles. The van der Waals surface area contributed by atoms with Crippen LogP contribution in [0.5, 0.6) is 5.75 Å². The second kappa shape index (κ2) is 9.80. The minimum Gasteiger partial charge on any atom is -0.494 e. The van der Waals surface area contributed by atoms with E-state index in [1.54, 1.807) is 12.1 Å². The van der Waals surface area contributed by atoms with Crippen LogP contribution < -0.4 is 10.1 Å². The quantitative estimate of drug-likeness (QED) is 0.596. The lowest BCUT2D eigenvalue weighted by atomic mass is 9.89. The van der Waals surface area contributed by atoms with Gasteiger partial charge in [-0.2, -0.15) is 0 Å². The molecule has 144 valence electrons. The first-order valence-corrected chi connectivity index (χ1v) is 10.3. The first-order chi connectivity index (χ1) is 13.2. The Morgan fingerprint density at radius 3 is 2.59 bits per heavy atom. The van der Waals surface area contributed by atoms with E-state index < -0.39 is 0 Å². The van der Waals surface area contributed by atoms with Crippen LogP contribution in [0.4, 0.5) is 0 Å². The number of nitrogens with one attached hydrogen (secondary N) is 1. The van der Waals surface area contributed by atoms with Gasteiger partial charge in [-0.05, 0) is 79.5 Å². The molecule has 1 atom stereocenters. The molecular weight excluding hydrogens is 358 g/mol. The Balaban J connectivity index is 1.46. The van der Waals surface area contributed by atoms with E-state index in [1.807, 2.05) is 12.1 Å². The monoisotopic (exact) mass is 385 g/mol. The lowest BCUT2D eigenvalue weighted by molar-refractivity contribution is -0.122. The van der Waals surface area contributed by atoms with E-state index in [0.717, 1.165) is 18.6 Å². The van der Waals surface area contributed by atoms with E-state index in [4.69, 9.17) is 16.3 Å². The predicted octanol–water partition coefficient (Wildman–Crippen LogP) is 5.65. The van der Waals surface area contributed by atoms with E-state index in [9.17, 15) is 4.79 Å². The lowest BCUT2D eigenvalue weighted by Crippen LogP contribution is -2.28. The molecule has 0 saturated carbocycles. The second-order valence-corrected chi connectivity index (χ2v) is 7.61. The predicted molar refractivity (Wildman–Crippen MR) is 110 cm³/mol. The molecule has 3 nitrogen and oxygen atoms in total. The molecule has 0 saturated heterocycles. The molecule has 1 N–H and O–H groups in total. The average Bonchev–Trinajstić information content (AvgIpc) is 2.70. The van der Waals surface area contributed by atoms with Crippen molar-refractivity contribution in [1.29, 1.82) is 0 Å². The smallest absolute Gasteiger partial charge is 0.220 e. The summed E-state index contributed by atoms with van der Waals surface area (Å²) in [6.45, 7) is 2.64. The summed E-state index contributed by atoms with van der Waals surface area (Å²) >= 11 is 5.86. The van der Waals surface area contributed by atoms with Crippen molar-refractivity contribution in [2.45, 2.75) is 57.9 Å². The Morgan fingerprint density at radius 1 is 1.11 bits per heavy atom. The highest BCUT2D eigenvalue weighted by molar-refractivity contribution is 6.30. The van der Waals surface area contributed by atoms with Gasteiger partial charge < -0.3 is 10.1 Å². The molecule has 2 aromatic rings. The van der Waals surface area contributed by atoms with Gasteiger partial charge in [0, 0.05) is 11.4 Å². The largest absolute Gasteiger partial charge is 0.494 e. The number of benzene rings is 2. The Kier molecular flexibility index (Phi) is 7.17. The van der Waals surface area contributed by atoms with Crippen LogP contribution in [0.2, 0.25) is 5.02 Å². The number of carbonyl (C=O) groups excluding carboxylic acids is 1. The van der Waals surface area contributed by atoms with Crippen LogP contribution in [-0.4, -0.2) is 12.5 Å². The van der Waals surface area contributed by atoms with Gasteiger partial charge in [-0.1, -0.05) is 36.7 Å². The van der Waals surface area contributed by atoms with Gasteiger partial charge in [0.25, 0.3) is 0 Å². The summed E-state index contributed by atoms with van der Waals surface area (Å²) in [5.41, 5.74) is 4.16. The molecule has 0 unspecified atom stereocenters. The highest BCUT2D eigenvalue weighted by Crippen LogP contribution is 2.26. The van der Waals surface area contributed by atoms with Crippen molar-refractivity contribution in [1.82, 2.24) is 5.32 Å². The number of hydrogen-bond acceptors (Lipinski definition) is 2. The van der Waals surface area contributed by atoms with Crippen molar-refractivity contribution >= 4 is 17.5 Å². The fourth-order valence-electron chi connectivity index (χ4n) is 3.61. The number of rotatable bonds is 8. The number of hydrogen-bond donors (Lipinski definition) is 1. The van der Waals surface area contributed by atoms with Crippen molar-refractivity contribution in [2.24, 2.45) is 0 Å². The Bertz CT molecular complexity index is 757. The highest BCUT2D eigenvalue weighted by Gasteiger charge is 2.16. The van der Waals surface area contributed by atoms with Gasteiger partial charge >= 0.3 is 0 Å². The normalized spacial score (nSPS) is 14.3. The SMILES string of the molecule is CC[C@H](NC(=O)CCCOc1ccc(Cl)cc1)c1ccc2c(c1)CCCC2. The molecule has 0 heterocycles. The number of fused-ring (bicyclic) bond motifs is 1. The van der Waals surface area contributed by atoms with Crippen molar-refractivity contribution in [3.8, 4) is 5.75 Å². The van der Waals surface area contributed by atoms with Crippen molar-refractivity contribution < 1.29 is 9.53 Å². The summed E-state index contributed by atoms with van der Waals surface area (Å²) < 4.78 is 5.65. The molecule has 0 radical (unpaired) electrons. The number of carbonyl (C=O) groups is 1. The molecule has 1 aliphatic carbocycles. The molecule has 0 aliphatic heterocycles. The van der Waals surface area contributed by atoms with Crippen molar-refractivity contribution in [3.63, 3.8) is 0 Å². The van der Waals surface area contributed by atoms with Gasteiger partial charge in [0.2, 0.25) is 5.91 Å². The first kappa shape index (κ1) is 19.8. The summed E-state index contributed by atoms with van der Waals surface area (Å²) in [6, 6.07) is 14.1. The lowest BCUT2D eigenvalue weighted by Gasteiger charge is -2.21. The van der Waals surface area contributed by atoms with Gasteiger partial charge in [-0.15, -0.1) is 0 Å². The third-order valence-electron chi connectivity index (χ3n) is 5.15. The summed E-state index contributed by atoms with van der Waals surface area (Å²) in [5.74, 6) is 0.861. The van der Waals surface area contributed by atoms with E-state index >= 15 is 0 Å². The molecule has 27 heavy (non-hydrogen) atoms. The van der Waals surface area contributed by atoms with Crippen LogP contribution in [0.1, 0.15) is 61.8 Å². The minimum atomic E-state index is 0.0827. The van der Waals surface area contributed by atoms with E-state index in [1.165, 1.54) is 36.0 Å². The summed E-state index contributed by atoms with van der Waals surface area (Å²) in [4.78, 5) is 12.3. The van der Waals surface area contributed by atoms with E-state index in [0.29, 0.717) is 24.5 Å². The zero-order valence-electron chi connectivity index (χ0n) is 16.0. The maximum absolute atomic E-state index is 12.3. The first-order valence-electron chi connectivity index (χ1n) is 9.95.